The Bertz CT molecular complexity index is 959. The minimum atomic E-state index is -4.28. The highest BCUT2D eigenvalue weighted by Crippen LogP contribution is 2.37. The number of hydrogen-bond acceptors (Lipinski definition) is 5. The van der Waals surface area contributed by atoms with Crippen LogP contribution in [0.2, 0.25) is 5.02 Å². The molecule has 1 amide bonds. The van der Waals surface area contributed by atoms with Crippen molar-refractivity contribution in [3.63, 3.8) is 0 Å². The van der Waals surface area contributed by atoms with E-state index in [0.29, 0.717) is 32.6 Å². The summed E-state index contributed by atoms with van der Waals surface area (Å²) in [4.78, 5) is 21.7. The van der Waals surface area contributed by atoms with Crippen LogP contribution >= 0.6 is 23.4 Å². The van der Waals surface area contributed by atoms with E-state index in [1.54, 1.807) is 12.1 Å². The standard InChI is InChI=1S/C25H30ClF3N4OS.CH4/c26-20-3-5-21(6-4-20)31-14-12-30(13-15-31)11-1-2-24(34)33-18-16-32(17-19-33)22-7-9-23(10-8-22)35-25(27,28)29;/h3-10H,1-2,11-19H2;1H4. The van der Waals surface area contributed by atoms with E-state index >= 15 is 0 Å². The van der Waals surface area contributed by atoms with Crippen LogP contribution in [0.15, 0.2) is 53.4 Å². The van der Waals surface area contributed by atoms with Crippen LogP contribution < -0.4 is 9.80 Å². The van der Waals surface area contributed by atoms with Gasteiger partial charge in [0.15, 0.2) is 0 Å². The maximum absolute atomic E-state index is 12.7. The lowest BCUT2D eigenvalue weighted by molar-refractivity contribution is -0.131. The summed E-state index contributed by atoms with van der Waals surface area (Å²) in [6.07, 6.45) is 1.39. The van der Waals surface area contributed by atoms with Gasteiger partial charge in [-0.25, -0.2) is 0 Å². The van der Waals surface area contributed by atoms with Crippen LogP contribution in [0.1, 0.15) is 20.3 Å². The number of amides is 1. The lowest BCUT2D eigenvalue weighted by Crippen LogP contribution is -2.49. The van der Waals surface area contributed by atoms with Gasteiger partial charge >= 0.3 is 5.51 Å². The molecular formula is C26H34ClF3N4OS. The molecule has 0 bridgehead atoms. The fraction of sp³-hybridized carbons (Fsp3) is 0.500. The Morgan fingerprint density at radius 2 is 1.31 bits per heavy atom. The number of alkyl halides is 3. The molecule has 2 aliphatic rings. The molecule has 0 radical (unpaired) electrons. The summed E-state index contributed by atoms with van der Waals surface area (Å²) in [6, 6.07) is 14.4. The van der Waals surface area contributed by atoms with Crippen LogP contribution in [0.4, 0.5) is 24.5 Å². The van der Waals surface area contributed by atoms with Crippen LogP contribution in [0.3, 0.4) is 0 Å². The normalized spacial score (nSPS) is 17.2. The van der Waals surface area contributed by atoms with Crippen LogP contribution in [-0.2, 0) is 4.79 Å². The van der Waals surface area contributed by atoms with Gasteiger partial charge in [-0.1, -0.05) is 19.0 Å². The fourth-order valence-corrected chi connectivity index (χ4v) is 5.23. The molecule has 2 aromatic rings. The average molecular weight is 543 g/mol. The monoisotopic (exact) mass is 542 g/mol. The van der Waals surface area contributed by atoms with E-state index in [1.807, 2.05) is 17.0 Å². The van der Waals surface area contributed by atoms with Gasteiger partial charge in [0.05, 0.1) is 0 Å². The van der Waals surface area contributed by atoms with Crippen molar-refractivity contribution in [2.24, 2.45) is 0 Å². The Labute approximate surface area is 221 Å². The Balaban J connectivity index is 0.00000361. The first kappa shape index (κ1) is 28.5. The summed E-state index contributed by atoms with van der Waals surface area (Å²) in [5.74, 6) is 0.182. The number of nitrogens with zero attached hydrogens (tertiary/aromatic N) is 4. The molecule has 0 N–H and O–H groups in total. The van der Waals surface area contributed by atoms with Crippen LogP contribution in [0, 0.1) is 0 Å². The number of thioether (sulfide) groups is 1. The molecule has 0 saturated carbocycles. The van der Waals surface area contributed by atoms with Crippen molar-refractivity contribution in [3.8, 4) is 0 Å². The molecule has 198 valence electrons. The minimum Gasteiger partial charge on any atom is -0.369 e. The molecule has 0 spiro atoms. The molecule has 0 atom stereocenters. The lowest BCUT2D eigenvalue weighted by atomic mass is 10.2. The van der Waals surface area contributed by atoms with Crippen molar-refractivity contribution in [2.45, 2.75) is 30.7 Å². The molecule has 36 heavy (non-hydrogen) atoms. The van der Waals surface area contributed by atoms with Crippen molar-refractivity contribution in [1.82, 2.24) is 9.80 Å². The Hall–Kier alpha value is -2.10. The summed E-state index contributed by atoms with van der Waals surface area (Å²) in [5, 5.41) is 0.746. The van der Waals surface area contributed by atoms with Gasteiger partial charge in [0, 0.05) is 80.1 Å². The largest absolute Gasteiger partial charge is 0.446 e. The maximum Gasteiger partial charge on any atom is 0.446 e. The number of hydrogen-bond donors (Lipinski definition) is 0. The van der Waals surface area contributed by atoms with E-state index in [2.05, 4.69) is 26.8 Å². The van der Waals surface area contributed by atoms with Crippen molar-refractivity contribution < 1.29 is 18.0 Å². The second-order valence-corrected chi connectivity index (χ2v) is 10.4. The number of carbonyl (C=O) groups is 1. The van der Waals surface area contributed by atoms with E-state index in [-0.39, 0.29) is 30.0 Å². The summed E-state index contributed by atoms with van der Waals surface area (Å²) >= 11 is 5.87. The van der Waals surface area contributed by atoms with Gasteiger partial charge in [0.25, 0.3) is 0 Å². The van der Waals surface area contributed by atoms with Crippen LogP contribution in [-0.4, -0.2) is 80.1 Å². The van der Waals surface area contributed by atoms with Crippen molar-refractivity contribution >= 4 is 40.6 Å². The van der Waals surface area contributed by atoms with Crippen LogP contribution in [0.25, 0.3) is 0 Å². The summed E-state index contributed by atoms with van der Waals surface area (Å²) in [7, 11) is 0. The van der Waals surface area contributed by atoms with Gasteiger partial charge in [-0.2, -0.15) is 13.2 Å². The predicted octanol–water partition coefficient (Wildman–Crippen LogP) is 5.84. The van der Waals surface area contributed by atoms with Gasteiger partial charge in [0.2, 0.25) is 5.91 Å². The quantitative estimate of drug-likeness (QED) is 0.410. The molecule has 2 fully saturated rings. The van der Waals surface area contributed by atoms with Gasteiger partial charge in [-0.3, -0.25) is 9.69 Å². The number of rotatable bonds is 7. The topological polar surface area (TPSA) is 30.0 Å². The van der Waals surface area contributed by atoms with E-state index in [1.165, 1.54) is 17.8 Å². The van der Waals surface area contributed by atoms with Gasteiger partial charge in [-0.05, 0) is 73.3 Å². The molecule has 2 heterocycles. The highest BCUT2D eigenvalue weighted by atomic mass is 35.5. The number of halogens is 4. The zero-order valence-electron chi connectivity index (χ0n) is 19.5. The zero-order valence-corrected chi connectivity index (χ0v) is 21.1. The van der Waals surface area contributed by atoms with E-state index < -0.39 is 5.51 Å². The molecule has 0 aromatic heterocycles. The molecule has 0 unspecified atom stereocenters. The first-order chi connectivity index (χ1) is 16.8. The number of benzene rings is 2. The molecule has 2 aliphatic heterocycles. The summed E-state index contributed by atoms with van der Waals surface area (Å²) in [5.41, 5.74) is -2.19. The van der Waals surface area contributed by atoms with Gasteiger partial charge in [-0.15, -0.1) is 0 Å². The van der Waals surface area contributed by atoms with Crippen molar-refractivity contribution in [3.05, 3.63) is 53.6 Å². The molecular weight excluding hydrogens is 509 g/mol. The Kier molecular flexibility index (Phi) is 10.2. The second-order valence-electron chi connectivity index (χ2n) is 8.82. The fourth-order valence-electron chi connectivity index (χ4n) is 4.57. The van der Waals surface area contributed by atoms with E-state index in [4.69, 9.17) is 11.6 Å². The molecule has 4 rings (SSSR count). The SMILES string of the molecule is C.O=C(CCCN1CCN(c2ccc(Cl)cc2)CC1)N1CCN(c2ccc(SC(F)(F)F)cc2)CC1. The third kappa shape index (κ3) is 8.21. The Morgan fingerprint density at radius 3 is 1.83 bits per heavy atom. The first-order valence-electron chi connectivity index (χ1n) is 11.9. The molecule has 2 aromatic carbocycles. The van der Waals surface area contributed by atoms with Gasteiger partial charge < -0.3 is 14.7 Å². The first-order valence-corrected chi connectivity index (χ1v) is 13.1. The Morgan fingerprint density at radius 1 is 0.806 bits per heavy atom. The molecule has 10 heteroatoms. The second kappa shape index (κ2) is 12.9. The van der Waals surface area contributed by atoms with E-state index in [9.17, 15) is 18.0 Å². The highest BCUT2D eigenvalue weighted by Gasteiger charge is 2.29. The van der Waals surface area contributed by atoms with Crippen molar-refractivity contribution in [1.29, 1.82) is 0 Å². The molecule has 0 aliphatic carbocycles. The van der Waals surface area contributed by atoms with Gasteiger partial charge in [0.1, 0.15) is 0 Å². The maximum atomic E-state index is 12.7. The molecule has 5 nitrogen and oxygen atoms in total. The average Bonchev–Trinajstić information content (AvgIpc) is 2.85. The summed E-state index contributed by atoms with van der Waals surface area (Å²) in [6.45, 7) is 7.46. The smallest absolute Gasteiger partial charge is 0.369 e. The highest BCUT2D eigenvalue weighted by molar-refractivity contribution is 8.00. The third-order valence-electron chi connectivity index (χ3n) is 6.50. The lowest BCUT2D eigenvalue weighted by Gasteiger charge is -2.37. The number of piperazine rings is 2. The predicted molar refractivity (Wildman–Crippen MR) is 143 cm³/mol. The van der Waals surface area contributed by atoms with E-state index in [0.717, 1.165) is 49.9 Å². The minimum absolute atomic E-state index is 0. The van der Waals surface area contributed by atoms with Crippen LogP contribution in [0.5, 0.6) is 0 Å². The zero-order chi connectivity index (χ0) is 24.8. The number of carbonyl (C=O) groups excluding carboxylic acids is 1. The summed E-state index contributed by atoms with van der Waals surface area (Å²) < 4.78 is 37.5. The number of anilines is 2. The van der Waals surface area contributed by atoms with Crippen molar-refractivity contribution in [2.75, 3.05) is 68.7 Å². The molecule has 2 saturated heterocycles. The third-order valence-corrected chi connectivity index (χ3v) is 7.49.